The van der Waals surface area contributed by atoms with Gasteiger partial charge in [-0.3, -0.25) is 37.3 Å². The number of esters is 4. The Kier molecular flexibility index (Phi) is 54.2. The Labute approximate surface area is 510 Å². The Morgan fingerprint density at radius 1 is 0.393 bits per heavy atom. The third-order valence-electron chi connectivity index (χ3n) is 14.6. The van der Waals surface area contributed by atoms with Crippen LogP contribution in [0, 0.1) is 17.8 Å². The van der Waals surface area contributed by atoms with Crippen molar-refractivity contribution >= 4 is 39.5 Å². The van der Waals surface area contributed by atoms with Crippen molar-refractivity contribution in [3.05, 3.63) is 24.3 Å². The molecule has 3 unspecified atom stereocenters. The van der Waals surface area contributed by atoms with Gasteiger partial charge in [0.2, 0.25) is 0 Å². The van der Waals surface area contributed by atoms with Crippen LogP contribution in [0.25, 0.3) is 0 Å². The second kappa shape index (κ2) is 55.8. The van der Waals surface area contributed by atoms with Crippen LogP contribution in [-0.4, -0.2) is 96.7 Å². The van der Waals surface area contributed by atoms with Crippen molar-refractivity contribution in [1.29, 1.82) is 0 Å². The fourth-order valence-corrected chi connectivity index (χ4v) is 10.7. The number of carbonyl (C=O) groups excluding carboxylic acids is 4. The van der Waals surface area contributed by atoms with Crippen molar-refractivity contribution in [2.24, 2.45) is 17.8 Å². The number of phosphoric acid groups is 2. The molecule has 0 rings (SSSR count). The van der Waals surface area contributed by atoms with Crippen molar-refractivity contribution in [2.45, 2.75) is 311 Å². The fourth-order valence-electron chi connectivity index (χ4n) is 9.08. The van der Waals surface area contributed by atoms with Gasteiger partial charge in [0.25, 0.3) is 0 Å². The summed E-state index contributed by atoms with van der Waals surface area (Å²) in [7, 11) is -9.90. The van der Waals surface area contributed by atoms with Crippen LogP contribution >= 0.6 is 15.6 Å². The zero-order chi connectivity index (χ0) is 62.4. The first-order valence-corrected chi connectivity index (χ1v) is 36.2. The van der Waals surface area contributed by atoms with Gasteiger partial charge in [0, 0.05) is 25.7 Å². The van der Waals surface area contributed by atoms with Gasteiger partial charge < -0.3 is 33.8 Å². The molecule has 0 amide bonds. The van der Waals surface area contributed by atoms with Crippen LogP contribution < -0.4 is 0 Å². The average molecular weight is 1240 g/mol. The number of ether oxygens (including phenoxy) is 4. The smallest absolute Gasteiger partial charge is 0.462 e. The number of carbonyl (C=O) groups is 4. The molecule has 0 saturated carbocycles. The van der Waals surface area contributed by atoms with Gasteiger partial charge in [-0.2, -0.15) is 0 Å². The zero-order valence-electron chi connectivity index (χ0n) is 53.8. The standard InChI is InChI=1S/C65H122O17P2/c1-8-10-11-12-13-14-15-16-17-18-19-20-23-32-39-46-62(67)75-52-60(81-64(69)48-41-34-24-21-22-29-36-43-56(3)4)54-79-83(71,72)77-50-59(66)51-78-84(73,74)80-55-61(53-76-63(68)47-40-33-27-25-30-37-44-57(5)6)82-65(70)49-42-35-28-26-31-38-45-58(7)9-2/h14-17,56-61,66H,8-13,18-55H2,1-7H3,(H,71,72)(H,73,74)/b15-14-,17-16-/t58?,59-,60-,61-/m1/s1. The molecule has 0 heterocycles. The maximum absolute atomic E-state index is 13.0. The van der Waals surface area contributed by atoms with Gasteiger partial charge in [-0.15, -0.1) is 0 Å². The lowest BCUT2D eigenvalue weighted by Gasteiger charge is -2.21. The molecule has 0 aromatic rings. The summed E-state index contributed by atoms with van der Waals surface area (Å²) in [6.07, 6.45) is 40.1. The van der Waals surface area contributed by atoms with Gasteiger partial charge >= 0.3 is 39.5 Å². The van der Waals surface area contributed by atoms with E-state index >= 15 is 0 Å². The highest BCUT2D eigenvalue weighted by Crippen LogP contribution is 2.45. The molecule has 0 aliphatic heterocycles. The molecule has 0 aromatic carbocycles. The second-order valence-electron chi connectivity index (χ2n) is 24.0. The summed E-state index contributed by atoms with van der Waals surface area (Å²) in [5, 5.41) is 10.5. The van der Waals surface area contributed by atoms with Crippen molar-refractivity contribution < 1.29 is 80.2 Å². The van der Waals surface area contributed by atoms with Crippen LogP contribution in [0.2, 0.25) is 0 Å². The van der Waals surface area contributed by atoms with E-state index in [1.165, 1.54) is 77.0 Å². The molecule has 6 atom stereocenters. The Hall–Kier alpha value is -2.46. The third-order valence-corrected chi connectivity index (χ3v) is 16.5. The number of hydrogen-bond acceptors (Lipinski definition) is 15. The lowest BCUT2D eigenvalue weighted by atomic mass is 10.00. The largest absolute Gasteiger partial charge is 0.472 e. The van der Waals surface area contributed by atoms with E-state index < -0.39 is 97.5 Å². The van der Waals surface area contributed by atoms with Crippen molar-refractivity contribution in [3.63, 3.8) is 0 Å². The van der Waals surface area contributed by atoms with E-state index in [2.05, 4.69) is 72.8 Å². The predicted molar refractivity (Wildman–Crippen MR) is 335 cm³/mol. The van der Waals surface area contributed by atoms with Crippen LogP contribution in [0.3, 0.4) is 0 Å². The summed E-state index contributed by atoms with van der Waals surface area (Å²) in [5.41, 5.74) is 0. The number of hydrogen-bond donors (Lipinski definition) is 3. The normalized spacial score (nSPS) is 14.9. The zero-order valence-corrected chi connectivity index (χ0v) is 55.6. The molecule has 0 aliphatic rings. The molecule has 0 bridgehead atoms. The number of aliphatic hydroxyl groups excluding tert-OH is 1. The monoisotopic (exact) mass is 1240 g/mol. The predicted octanol–water partition coefficient (Wildman–Crippen LogP) is 17.4. The SMILES string of the molecule is CCCCCC/C=C\C=C/CCCCCCCC(=O)OC[C@H](COP(=O)(O)OC[C@@H](O)COP(=O)(O)OC[C@@H](COC(=O)CCCCCCCCC(C)C)OC(=O)CCCCCCCCC(C)CC)OC(=O)CCCCCCCCCC(C)C. The van der Waals surface area contributed by atoms with Crippen LogP contribution in [0.5, 0.6) is 0 Å². The fraction of sp³-hybridized carbons (Fsp3) is 0.877. The molecule has 84 heavy (non-hydrogen) atoms. The van der Waals surface area contributed by atoms with Crippen molar-refractivity contribution in [2.75, 3.05) is 39.6 Å². The van der Waals surface area contributed by atoms with E-state index in [9.17, 15) is 43.2 Å². The van der Waals surface area contributed by atoms with Gasteiger partial charge in [-0.1, -0.05) is 240 Å². The molecular formula is C65H122O17P2. The Morgan fingerprint density at radius 3 is 1.06 bits per heavy atom. The maximum atomic E-state index is 13.0. The summed E-state index contributed by atoms with van der Waals surface area (Å²) >= 11 is 0. The van der Waals surface area contributed by atoms with Crippen molar-refractivity contribution in [3.8, 4) is 0 Å². The molecular weight excluding hydrogens is 1110 g/mol. The van der Waals surface area contributed by atoms with E-state index in [0.717, 1.165) is 121 Å². The highest BCUT2D eigenvalue weighted by Gasteiger charge is 2.30. The van der Waals surface area contributed by atoms with Gasteiger partial charge in [0.05, 0.1) is 26.4 Å². The first kappa shape index (κ1) is 81.5. The lowest BCUT2D eigenvalue weighted by molar-refractivity contribution is -0.161. The highest BCUT2D eigenvalue weighted by molar-refractivity contribution is 7.47. The number of rotatable bonds is 61. The van der Waals surface area contributed by atoms with Crippen molar-refractivity contribution in [1.82, 2.24) is 0 Å². The summed E-state index contributed by atoms with van der Waals surface area (Å²) in [6, 6.07) is 0. The maximum Gasteiger partial charge on any atom is 0.472 e. The number of phosphoric ester groups is 2. The van der Waals surface area contributed by atoms with Crippen LogP contribution in [0.4, 0.5) is 0 Å². The first-order chi connectivity index (χ1) is 40.3. The quantitative estimate of drug-likeness (QED) is 0.0169. The molecule has 494 valence electrons. The highest BCUT2D eigenvalue weighted by atomic mass is 31.2. The first-order valence-electron chi connectivity index (χ1n) is 33.2. The minimum absolute atomic E-state index is 0.0958. The molecule has 0 aromatic heterocycles. The van der Waals surface area contributed by atoms with E-state index in [0.29, 0.717) is 37.5 Å². The second-order valence-corrected chi connectivity index (χ2v) is 26.9. The number of allylic oxidation sites excluding steroid dienone is 4. The van der Waals surface area contributed by atoms with E-state index in [-0.39, 0.29) is 25.7 Å². The Morgan fingerprint density at radius 2 is 0.702 bits per heavy atom. The van der Waals surface area contributed by atoms with E-state index in [1.807, 2.05) is 0 Å². The van der Waals surface area contributed by atoms with E-state index in [4.69, 9.17) is 37.0 Å². The van der Waals surface area contributed by atoms with Crippen LogP contribution in [0.15, 0.2) is 24.3 Å². The number of unbranched alkanes of at least 4 members (excludes halogenated alkanes) is 25. The minimum Gasteiger partial charge on any atom is -0.462 e. The summed E-state index contributed by atoms with van der Waals surface area (Å²) in [4.78, 5) is 72.2. The molecule has 0 aliphatic carbocycles. The molecule has 0 fully saturated rings. The minimum atomic E-state index is -4.95. The Bertz CT molecular complexity index is 1760. The molecule has 3 N–H and O–H groups in total. The van der Waals surface area contributed by atoms with E-state index in [1.54, 1.807) is 0 Å². The van der Waals surface area contributed by atoms with Gasteiger partial charge in [-0.05, 0) is 69.1 Å². The molecule has 19 heteroatoms. The Balaban J connectivity index is 5.26. The van der Waals surface area contributed by atoms with Crippen LogP contribution in [0.1, 0.15) is 292 Å². The summed E-state index contributed by atoms with van der Waals surface area (Å²) in [5.74, 6) is -0.0833. The molecule has 0 saturated heterocycles. The summed E-state index contributed by atoms with van der Waals surface area (Å²) < 4.78 is 67.9. The summed E-state index contributed by atoms with van der Waals surface area (Å²) in [6.45, 7) is 11.5. The average Bonchev–Trinajstić information content (AvgIpc) is 3.58. The molecule has 0 radical (unpaired) electrons. The topological polar surface area (TPSA) is 237 Å². The number of aliphatic hydroxyl groups is 1. The van der Waals surface area contributed by atoms with Crippen LogP contribution in [-0.2, 0) is 65.4 Å². The third kappa shape index (κ3) is 57.3. The molecule has 17 nitrogen and oxygen atoms in total. The molecule has 0 spiro atoms. The van der Waals surface area contributed by atoms with Gasteiger partial charge in [-0.25, -0.2) is 9.13 Å². The van der Waals surface area contributed by atoms with Gasteiger partial charge in [0.1, 0.15) is 19.3 Å². The van der Waals surface area contributed by atoms with Gasteiger partial charge in [0.15, 0.2) is 12.2 Å². The lowest BCUT2D eigenvalue weighted by Crippen LogP contribution is -2.30.